The molecule has 6 nitrogen and oxygen atoms in total. The first-order valence-electron chi connectivity index (χ1n) is 7.62. The number of hydrogen-bond donors (Lipinski definition) is 2. The number of rotatable bonds is 6. The van der Waals surface area contributed by atoms with E-state index in [-0.39, 0.29) is 12.3 Å². The highest BCUT2D eigenvalue weighted by molar-refractivity contribution is 9.10. The maximum atomic E-state index is 12.0. The van der Waals surface area contributed by atoms with Crippen LogP contribution >= 0.6 is 15.9 Å². The molecule has 2 rings (SSSR count). The molecule has 0 aliphatic carbocycles. The Morgan fingerprint density at radius 1 is 1.12 bits per heavy atom. The largest absolute Gasteiger partial charge is 0.496 e. The van der Waals surface area contributed by atoms with E-state index in [1.807, 2.05) is 18.2 Å². The maximum Gasteiger partial charge on any atom is 0.279 e. The Hall–Kier alpha value is -2.54. The molecule has 2 N–H and O–H groups in total. The van der Waals surface area contributed by atoms with E-state index in [0.29, 0.717) is 11.5 Å². The van der Waals surface area contributed by atoms with Crippen molar-refractivity contribution in [3.05, 3.63) is 58.6 Å². The number of hydrazine groups is 1. The Balaban J connectivity index is 1.83. The first kappa shape index (κ1) is 18.8. The zero-order valence-electron chi connectivity index (χ0n) is 13.9. The molecule has 7 heteroatoms. The minimum Gasteiger partial charge on any atom is -0.496 e. The molecule has 0 aromatic heterocycles. The van der Waals surface area contributed by atoms with Gasteiger partial charge >= 0.3 is 0 Å². The van der Waals surface area contributed by atoms with E-state index in [4.69, 9.17) is 9.47 Å². The van der Waals surface area contributed by atoms with E-state index in [1.54, 1.807) is 44.4 Å². The zero-order valence-corrected chi connectivity index (χ0v) is 15.5. The van der Waals surface area contributed by atoms with Crippen LogP contribution in [0.4, 0.5) is 0 Å². The van der Waals surface area contributed by atoms with E-state index >= 15 is 0 Å². The molecule has 0 saturated carbocycles. The molecular weight excluding hydrogens is 388 g/mol. The fourth-order valence-electron chi connectivity index (χ4n) is 2.10. The number of nitrogens with one attached hydrogen (secondary N) is 2. The number of ether oxygens (including phenoxy) is 2. The van der Waals surface area contributed by atoms with Crippen LogP contribution in [0.3, 0.4) is 0 Å². The van der Waals surface area contributed by atoms with Crippen molar-refractivity contribution >= 4 is 27.7 Å². The lowest BCUT2D eigenvalue weighted by atomic mass is 10.1. The maximum absolute atomic E-state index is 12.0. The van der Waals surface area contributed by atoms with Crippen molar-refractivity contribution in [2.24, 2.45) is 0 Å². The molecule has 0 spiro atoms. The van der Waals surface area contributed by atoms with Gasteiger partial charge in [-0.1, -0.05) is 40.2 Å². The first-order valence-corrected chi connectivity index (χ1v) is 8.41. The van der Waals surface area contributed by atoms with Crippen molar-refractivity contribution < 1.29 is 19.1 Å². The van der Waals surface area contributed by atoms with Crippen LogP contribution in [0.1, 0.15) is 12.5 Å². The zero-order chi connectivity index (χ0) is 18.2. The van der Waals surface area contributed by atoms with Crippen molar-refractivity contribution in [2.45, 2.75) is 19.4 Å². The average Bonchev–Trinajstić information content (AvgIpc) is 2.60. The molecule has 2 aromatic carbocycles. The Morgan fingerprint density at radius 3 is 2.60 bits per heavy atom. The van der Waals surface area contributed by atoms with Gasteiger partial charge in [-0.3, -0.25) is 20.4 Å². The van der Waals surface area contributed by atoms with E-state index < -0.39 is 12.0 Å². The van der Waals surface area contributed by atoms with Gasteiger partial charge < -0.3 is 9.47 Å². The second kappa shape index (κ2) is 9.08. The number of amides is 2. The predicted octanol–water partition coefficient (Wildman–Crippen LogP) is 2.62. The molecule has 0 fully saturated rings. The molecule has 0 heterocycles. The van der Waals surface area contributed by atoms with Crippen molar-refractivity contribution in [1.29, 1.82) is 0 Å². The summed E-state index contributed by atoms with van der Waals surface area (Å²) in [6, 6.07) is 14.4. The molecule has 0 aliphatic rings. The van der Waals surface area contributed by atoms with Crippen LogP contribution in [0.2, 0.25) is 0 Å². The minimum absolute atomic E-state index is 0.0885. The highest BCUT2D eigenvalue weighted by Gasteiger charge is 2.16. The average molecular weight is 407 g/mol. The number of para-hydroxylation sites is 1. The van der Waals surface area contributed by atoms with Crippen molar-refractivity contribution in [3.63, 3.8) is 0 Å². The molecule has 0 bridgehead atoms. The van der Waals surface area contributed by atoms with Crippen molar-refractivity contribution in [1.82, 2.24) is 10.9 Å². The highest BCUT2D eigenvalue weighted by Crippen LogP contribution is 2.19. The van der Waals surface area contributed by atoms with Gasteiger partial charge in [0.2, 0.25) is 5.91 Å². The van der Waals surface area contributed by atoms with Gasteiger partial charge in [-0.25, -0.2) is 0 Å². The number of hydrogen-bond acceptors (Lipinski definition) is 4. The summed E-state index contributed by atoms with van der Waals surface area (Å²) in [5, 5.41) is 0. The first-order chi connectivity index (χ1) is 12.0. The van der Waals surface area contributed by atoms with Crippen LogP contribution in [0, 0.1) is 0 Å². The third kappa shape index (κ3) is 5.79. The summed E-state index contributed by atoms with van der Waals surface area (Å²) >= 11 is 3.33. The van der Waals surface area contributed by atoms with Gasteiger partial charge in [0.1, 0.15) is 11.5 Å². The molecule has 0 aliphatic heterocycles. The monoisotopic (exact) mass is 406 g/mol. The number of carbonyl (C=O) groups is 2. The van der Waals surface area contributed by atoms with Gasteiger partial charge in [-0.2, -0.15) is 0 Å². The fraction of sp³-hybridized carbons (Fsp3) is 0.222. The van der Waals surface area contributed by atoms with E-state index in [2.05, 4.69) is 26.8 Å². The molecule has 132 valence electrons. The molecular formula is C18H19BrN2O4. The van der Waals surface area contributed by atoms with Crippen molar-refractivity contribution in [3.8, 4) is 11.5 Å². The summed E-state index contributed by atoms with van der Waals surface area (Å²) in [6.45, 7) is 1.60. The SMILES string of the molecule is COc1ccccc1CC(=O)NNC(=O)C(C)Oc1cccc(Br)c1. The standard InChI is InChI=1S/C18H19BrN2O4/c1-12(25-15-8-5-7-14(19)11-15)18(23)21-20-17(22)10-13-6-3-4-9-16(13)24-2/h3-9,11-12H,10H2,1-2H3,(H,20,22)(H,21,23). The van der Waals surface area contributed by atoms with Gasteiger partial charge in [0.05, 0.1) is 13.5 Å². The topological polar surface area (TPSA) is 76.7 Å². The summed E-state index contributed by atoms with van der Waals surface area (Å²) in [5.41, 5.74) is 5.47. The normalized spacial score (nSPS) is 11.3. The Kier molecular flexibility index (Phi) is 6.82. The molecule has 1 atom stereocenters. The minimum atomic E-state index is -0.763. The lowest BCUT2D eigenvalue weighted by Gasteiger charge is -2.15. The Morgan fingerprint density at radius 2 is 1.88 bits per heavy atom. The van der Waals surface area contributed by atoms with Crippen LogP contribution < -0.4 is 20.3 Å². The van der Waals surface area contributed by atoms with Gasteiger partial charge in [0.25, 0.3) is 5.91 Å². The van der Waals surface area contributed by atoms with Crippen LogP contribution in [0.25, 0.3) is 0 Å². The van der Waals surface area contributed by atoms with Crippen molar-refractivity contribution in [2.75, 3.05) is 7.11 Å². The fourth-order valence-corrected chi connectivity index (χ4v) is 2.48. The summed E-state index contributed by atoms with van der Waals surface area (Å²) < 4.78 is 11.6. The Bertz CT molecular complexity index is 751. The predicted molar refractivity (Wildman–Crippen MR) is 97.2 cm³/mol. The molecule has 1 unspecified atom stereocenters. The van der Waals surface area contributed by atoms with Gasteiger partial charge in [-0.05, 0) is 31.2 Å². The smallest absolute Gasteiger partial charge is 0.279 e. The third-order valence-corrected chi connectivity index (χ3v) is 3.84. The lowest BCUT2D eigenvalue weighted by molar-refractivity contribution is -0.132. The molecule has 0 radical (unpaired) electrons. The second-order valence-corrected chi connectivity index (χ2v) is 6.16. The Labute approximate surface area is 154 Å². The number of benzene rings is 2. The van der Waals surface area contributed by atoms with Crippen LogP contribution in [0.15, 0.2) is 53.0 Å². The van der Waals surface area contributed by atoms with Gasteiger partial charge in [0, 0.05) is 10.0 Å². The van der Waals surface area contributed by atoms with E-state index in [9.17, 15) is 9.59 Å². The highest BCUT2D eigenvalue weighted by atomic mass is 79.9. The second-order valence-electron chi connectivity index (χ2n) is 5.24. The van der Waals surface area contributed by atoms with Gasteiger partial charge in [0.15, 0.2) is 6.10 Å². The summed E-state index contributed by atoms with van der Waals surface area (Å²) in [5.74, 6) is 0.369. The number of halogens is 1. The van der Waals surface area contributed by atoms with E-state index in [1.165, 1.54) is 0 Å². The number of carbonyl (C=O) groups excluding carboxylic acids is 2. The van der Waals surface area contributed by atoms with Gasteiger partial charge in [-0.15, -0.1) is 0 Å². The summed E-state index contributed by atoms with van der Waals surface area (Å²) in [7, 11) is 1.54. The van der Waals surface area contributed by atoms with Crippen LogP contribution in [-0.4, -0.2) is 25.0 Å². The molecule has 2 amide bonds. The van der Waals surface area contributed by atoms with Crippen LogP contribution in [0.5, 0.6) is 11.5 Å². The molecule has 2 aromatic rings. The lowest BCUT2D eigenvalue weighted by Crippen LogP contribution is -2.47. The summed E-state index contributed by atoms with van der Waals surface area (Å²) in [6.07, 6.45) is -0.675. The summed E-state index contributed by atoms with van der Waals surface area (Å²) in [4.78, 5) is 24.0. The number of methoxy groups -OCH3 is 1. The molecule has 0 saturated heterocycles. The van der Waals surface area contributed by atoms with E-state index in [0.717, 1.165) is 10.0 Å². The van der Waals surface area contributed by atoms with Crippen LogP contribution in [-0.2, 0) is 16.0 Å². The third-order valence-electron chi connectivity index (χ3n) is 3.35. The molecule has 25 heavy (non-hydrogen) atoms. The quantitative estimate of drug-likeness (QED) is 0.722.